The highest BCUT2D eigenvalue weighted by molar-refractivity contribution is 7.07. The molecule has 6 heteroatoms. The van der Waals surface area contributed by atoms with Gasteiger partial charge in [-0.3, -0.25) is 4.79 Å². The second-order valence-corrected chi connectivity index (χ2v) is 4.71. The van der Waals surface area contributed by atoms with Crippen LogP contribution in [-0.4, -0.2) is 4.98 Å². The van der Waals surface area contributed by atoms with E-state index in [1.54, 1.807) is 17.5 Å². The van der Waals surface area contributed by atoms with E-state index in [2.05, 4.69) is 10.3 Å². The van der Waals surface area contributed by atoms with Gasteiger partial charge in [-0.1, -0.05) is 35.1 Å². The zero-order valence-corrected chi connectivity index (χ0v) is 10.4. The summed E-state index contributed by atoms with van der Waals surface area (Å²) in [5, 5.41) is 4.98. The van der Waals surface area contributed by atoms with Crippen LogP contribution in [0.25, 0.3) is 0 Å². The van der Waals surface area contributed by atoms with E-state index in [0.717, 1.165) is 17.0 Å². The van der Waals surface area contributed by atoms with E-state index in [1.165, 1.54) is 6.07 Å². The van der Waals surface area contributed by atoms with Crippen LogP contribution in [0.15, 0.2) is 28.4 Å². The summed E-state index contributed by atoms with van der Waals surface area (Å²) >= 11 is 6.93. The molecule has 0 radical (unpaired) electrons. The lowest BCUT2D eigenvalue weighted by Crippen LogP contribution is -2.14. The van der Waals surface area contributed by atoms with Crippen LogP contribution in [0, 0.1) is 5.82 Å². The molecule has 2 aromatic rings. The summed E-state index contributed by atoms with van der Waals surface area (Å²) in [6.07, 6.45) is 0. The zero-order chi connectivity index (χ0) is 12.3. The first-order valence-electron chi connectivity index (χ1n) is 4.97. The van der Waals surface area contributed by atoms with E-state index in [9.17, 15) is 9.18 Å². The summed E-state index contributed by atoms with van der Waals surface area (Å²) < 4.78 is 13.1. The van der Waals surface area contributed by atoms with Gasteiger partial charge in [0.25, 0.3) is 0 Å². The lowest BCUT2D eigenvalue weighted by Gasteiger charge is -2.06. The molecule has 1 aromatic heterocycles. The van der Waals surface area contributed by atoms with E-state index in [0.29, 0.717) is 18.7 Å². The Morgan fingerprint density at radius 1 is 1.41 bits per heavy atom. The molecule has 0 unspecified atom stereocenters. The largest absolute Gasteiger partial charge is 0.315 e. The molecule has 0 spiro atoms. The summed E-state index contributed by atoms with van der Waals surface area (Å²) in [6.45, 7) is 0.972. The van der Waals surface area contributed by atoms with Crippen LogP contribution >= 0.6 is 22.9 Å². The number of H-pyrrole nitrogens is 1. The fourth-order valence-corrected chi connectivity index (χ4v) is 2.19. The molecular formula is C11H10ClFN2OS. The molecule has 0 bridgehead atoms. The highest BCUT2D eigenvalue weighted by atomic mass is 35.5. The Balaban J connectivity index is 1.94. The molecule has 0 atom stereocenters. The van der Waals surface area contributed by atoms with Crippen molar-refractivity contribution < 1.29 is 4.39 Å². The van der Waals surface area contributed by atoms with Crippen LogP contribution in [0.2, 0.25) is 5.02 Å². The van der Waals surface area contributed by atoms with Gasteiger partial charge in [0.2, 0.25) is 0 Å². The predicted octanol–water partition coefficient (Wildman–Crippen LogP) is 2.52. The Kier molecular flexibility index (Phi) is 3.93. The number of hydrogen-bond donors (Lipinski definition) is 2. The normalized spacial score (nSPS) is 10.7. The van der Waals surface area contributed by atoms with Gasteiger partial charge in [0.15, 0.2) is 0 Å². The molecule has 2 N–H and O–H groups in total. The maximum Gasteiger partial charge on any atom is 0.304 e. The molecule has 0 aliphatic heterocycles. The second kappa shape index (κ2) is 5.44. The number of hydrogen-bond acceptors (Lipinski definition) is 3. The quantitative estimate of drug-likeness (QED) is 0.898. The molecule has 3 nitrogen and oxygen atoms in total. The summed E-state index contributed by atoms with van der Waals surface area (Å²) in [7, 11) is 0. The topological polar surface area (TPSA) is 44.9 Å². The SMILES string of the molecule is O=c1[nH]c(CNCc2cccc(F)c2Cl)cs1. The lowest BCUT2D eigenvalue weighted by molar-refractivity contribution is 0.620. The van der Waals surface area contributed by atoms with Gasteiger partial charge in [-0.2, -0.15) is 0 Å². The smallest absolute Gasteiger partial charge is 0.304 e. The van der Waals surface area contributed by atoms with E-state index < -0.39 is 5.82 Å². The molecule has 0 saturated carbocycles. The number of thiazole rings is 1. The second-order valence-electron chi connectivity index (χ2n) is 3.49. The van der Waals surface area contributed by atoms with Gasteiger partial charge in [0, 0.05) is 24.2 Å². The van der Waals surface area contributed by atoms with Gasteiger partial charge in [-0.05, 0) is 11.6 Å². The molecule has 1 aromatic carbocycles. The van der Waals surface area contributed by atoms with Crippen molar-refractivity contribution in [2.75, 3.05) is 0 Å². The summed E-state index contributed by atoms with van der Waals surface area (Å²) in [5.41, 5.74) is 1.51. The predicted molar refractivity (Wildman–Crippen MR) is 66.9 cm³/mol. The molecule has 0 saturated heterocycles. The van der Waals surface area contributed by atoms with Gasteiger partial charge < -0.3 is 10.3 Å². The van der Waals surface area contributed by atoms with Gasteiger partial charge >= 0.3 is 4.87 Å². The molecule has 2 rings (SSSR count). The fourth-order valence-electron chi connectivity index (χ4n) is 1.42. The molecule has 17 heavy (non-hydrogen) atoms. The third kappa shape index (κ3) is 3.15. The van der Waals surface area contributed by atoms with Crippen molar-refractivity contribution in [3.05, 3.63) is 55.3 Å². The van der Waals surface area contributed by atoms with Crippen LogP contribution in [-0.2, 0) is 13.1 Å². The number of benzene rings is 1. The zero-order valence-electron chi connectivity index (χ0n) is 8.80. The van der Waals surface area contributed by atoms with E-state index in [4.69, 9.17) is 11.6 Å². The molecule has 90 valence electrons. The van der Waals surface area contributed by atoms with Crippen molar-refractivity contribution in [3.8, 4) is 0 Å². The summed E-state index contributed by atoms with van der Waals surface area (Å²) in [5.74, 6) is -0.421. The average Bonchev–Trinajstić information content (AvgIpc) is 2.70. The molecule has 1 heterocycles. The minimum Gasteiger partial charge on any atom is -0.315 e. The maximum absolute atomic E-state index is 13.1. The van der Waals surface area contributed by atoms with Crippen LogP contribution in [0.4, 0.5) is 4.39 Å². The minimum atomic E-state index is -0.421. The Morgan fingerprint density at radius 3 is 2.94 bits per heavy atom. The van der Waals surface area contributed by atoms with Crippen LogP contribution < -0.4 is 10.2 Å². The van der Waals surface area contributed by atoms with E-state index in [1.807, 2.05) is 0 Å². The van der Waals surface area contributed by atoms with E-state index in [-0.39, 0.29) is 9.90 Å². The summed E-state index contributed by atoms with van der Waals surface area (Å²) in [6, 6.07) is 4.70. The Hall–Kier alpha value is -1.17. The van der Waals surface area contributed by atoms with Gasteiger partial charge in [-0.25, -0.2) is 4.39 Å². The van der Waals surface area contributed by atoms with E-state index >= 15 is 0 Å². The molecule has 0 amide bonds. The van der Waals surface area contributed by atoms with Crippen molar-refractivity contribution in [2.45, 2.75) is 13.1 Å². The third-order valence-corrected chi connectivity index (χ3v) is 3.38. The first kappa shape index (κ1) is 12.3. The van der Waals surface area contributed by atoms with Gasteiger partial charge in [0.05, 0.1) is 5.02 Å². The van der Waals surface area contributed by atoms with Crippen molar-refractivity contribution in [2.24, 2.45) is 0 Å². The molecular weight excluding hydrogens is 263 g/mol. The third-order valence-electron chi connectivity index (χ3n) is 2.23. The standard InChI is InChI=1S/C11H10ClFN2OS/c12-10-7(2-1-3-9(10)13)4-14-5-8-6-17-11(16)15-8/h1-3,6,14H,4-5H2,(H,15,16). The highest BCUT2D eigenvalue weighted by Crippen LogP contribution is 2.19. The monoisotopic (exact) mass is 272 g/mol. The Bertz CT molecular complexity index is 567. The van der Waals surface area contributed by atoms with Crippen molar-refractivity contribution in [1.29, 1.82) is 0 Å². The average molecular weight is 273 g/mol. The van der Waals surface area contributed by atoms with Crippen LogP contribution in [0.1, 0.15) is 11.3 Å². The molecule has 0 fully saturated rings. The first-order chi connectivity index (χ1) is 8.16. The van der Waals surface area contributed by atoms with Crippen molar-refractivity contribution >= 4 is 22.9 Å². The number of halogens is 2. The van der Waals surface area contributed by atoms with Crippen LogP contribution in [0.3, 0.4) is 0 Å². The minimum absolute atomic E-state index is 0.0782. The van der Waals surface area contributed by atoms with Gasteiger partial charge in [0.1, 0.15) is 5.82 Å². The lowest BCUT2D eigenvalue weighted by atomic mass is 10.2. The van der Waals surface area contributed by atoms with Gasteiger partial charge in [-0.15, -0.1) is 0 Å². The first-order valence-corrected chi connectivity index (χ1v) is 6.23. The van der Waals surface area contributed by atoms with Crippen molar-refractivity contribution in [3.63, 3.8) is 0 Å². The summed E-state index contributed by atoms with van der Waals surface area (Å²) in [4.78, 5) is 13.5. The Morgan fingerprint density at radius 2 is 2.24 bits per heavy atom. The fraction of sp³-hybridized carbons (Fsp3) is 0.182. The molecule has 0 aliphatic rings. The number of aromatic nitrogens is 1. The number of aromatic amines is 1. The molecule has 0 aliphatic carbocycles. The van der Waals surface area contributed by atoms with Crippen LogP contribution in [0.5, 0.6) is 0 Å². The maximum atomic E-state index is 13.1. The van der Waals surface area contributed by atoms with Crippen molar-refractivity contribution in [1.82, 2.24) is 10.3 Å². The Labute approximate surface area is 106 Å². The number of rotatable bonds is 4. The number of nitrogens with one attached hydrogen (secondary N) is 2. The highest BCUT2D eigenvalue weighted by Gasteiger charge is 2.05.